The Balaban J connectivity index is 1.16. The first-order valence-corrected chi connectivity index (χ1v) is 24.8. The Morgan fingerprint density at radius 3 is 1.77 bits per heavy atom. The lowest BCUT2D eigenvalue weighted by molar-refractivity contribution is -0.361. The van der Waals surface area contributed by atoms with Gasteiger partial charge in [0, 0.05) is 18.2 Å². The predicted octanol–water partition coefficient (Wildman–Crippen LogP) is 0.592. The molecule has 14 N–H and O–H groups in total. The van der Waals surface area contributed by atoms with Gasteiger partial charge in [0.05, 0.1) is 66.0 Å². The fourth-order valence-electron chi connectivity index (χ4n) is 9.01. The number of hydrogen-bond donors (Lipinski definition) is 14. The minimum atomic E-state index is -2.00. The van der Waals surface area contributed by atoms with Gasteiger partial charge < -0.3 is 124 Å². The Kier molecular flexibility index (Phi) is 19.4. The van der Waals surface area contributed by atoms with E-state index in [1.807, 2.05) is 0 Å². The monoisotopic (exact) mass is 1130 g/mol. The highest BCUT2D eigenvalue weighted by molar-refractivity contribution is 5.89. The van der Waals surface area contributed by atoms with Gasteiger partial charge in [-0.15, -0.1) is 0 Å². The van der Waals surface area contributed by atoms with Crippen molar-refractivity contribution in [3.05, 3.63) is 90.0 Å². The number of benzene rings is 4. The van der Waals surface area contributed by atoms with E-state index in [0.29, 0.717) is 11.1 Å². The van der Waals surface area contributed by atoms with Crippen molar-refractivity contribution in [2.75, 3.05) is 54.4 Å². The smallest absolute Gasteiger partial charge is 0.402 e. The number of methoxy groups -OCH3 is 3. The quantitative estimate of drug-likeness (QED) is 0.0272. The van der Waals surface area contributed by atoms with Crippen LogP contribution in [0.1, 0.15) is 11.1 Å². The summed E-state index contributed by atoms with van der Waals surface area (Å²) in [6, 6.07) is 14.7. The molecule has 0 aliphatic carbocycles. The summed E-state index contributed by atoms with van der Waals surface area (Å²) in [6.07, 6.45) is -19.9. The molecular formula is C54H63O26+. The second-order valence-electron chi connectivity index (χ2n) is 18.6. The summed E-state index contributed by atoms with van der Waals surface area (Å²) in [6.45, 7) is -2.45. The molecule has 3 saturated heterocycles. The zero-order chi connectivity index (χ0) is 57.5. The summed E-state index contributed by atoms with van der Waals surface area (Å²) in [7, 11) is 4.09. The molecule has 0 bridgehead atoms. The Hall–Kier alpha value is -6.83. The molecule has 3 aliphatic rings. The summed E-state index contributed by atoms with van der Waals surface area (Å²) in [5.41, 5.74) is 0.991. The predicted molar refractivity (Wildman–Crippen MR) is 274 cm³/mol. The minimum absolute atomic E-state index is 0.0212. The SMILES string of the molecule is COc1cc(/C=C/COC[C@H]2O[C@@H](Oc3cc4c(O[C@@H]5O[C@H](CO)[C@@H](O)[C@H](O)[C@H]5O)cc(O)cc4[o+]c3-c3ccc(O)c(O)c3)[C@H](O[C@@H]3O[C@H](CO)[C@@H](O)[C@H](O)[C@H]3OC/C=C/c3cc(OC)c(O)c(OC)c3)[C@@H](O)[C@@H]2O)ccc1O. The summed E-state index contributed by atoms with van der Waals surface area (Å²) in [4.78, 5) is 0. The van der Waals surface area contributed by atoms with Gasteiger partial charge in [0.15, 0.2) is 46.9 Å². The van der Waals surface area contributed by atoms with Crippen molar-refractivity contribution < 1.29 is 128 Å². The number of aromatic hydroxyl groups is 5. The van der Waals surface area contributed by atoms with Crippen LogP contribution in [0.15, 0.2) is 83.3 Å². The van der Waals surface area contributed by atoms with Gasteiger partial charge in [0.25, 0.3) is 0 Å². The highest BCUT2D eigenvalue weighted by Crippen LogP contribution is 2.44. The van der Waals surface area contributed by atoms with Gasteiger partial charge in [-0.2, -0.15) is 0 Å². The van der Waals surface area contributed by atoms with E-state index >= 15 is 0 Å². The maximum absolute atomic E-state index is 12.1. The van der Waals surface area contributed by atoms with Gasteiger partial charge in [-0.3, -0.25) is 0 Å². The molecule has 0 spiro atoms. The van der Waals surface area contributed by atoms with Gasteiger partial charge >= 0.3 is 11.3 Å². The molecule has 15 atom stereocenters. The molecule has 5 aromatic rings. The molecule has 3 aliphatic heterocycles. The zero-order valence-corrected chi connectivity index (χ0v) is 43.0. The Morgan fingerprint density at radius 2 is 1.10 bits per heavy atom. The fourth-order valence-corrected chi connectivity index (χ4v) is 9.01. The van der Waals surface area contributed by atoms with Crippen molar-refractivity contribution in [2.45, 2.75) is 92.1 Å². The highest BCUT2D eigenvalue weighted by atomic mass is 16.8. The van der Waals surface area contributed by atoms with Gasteiger partial charge in [-0.1, -0.05) is 30.4 Å². The molecule has 26 heteroatoms. The van der Waals surface area contributed by atoms with Crippen LogP contribution < -0.4 is 23.7 Å². The van der Waals surface area contributed by atoms with Crippen molar-refractivity contribution in [3.63, 3.8) is 0 Å². The third-order valence-electron chi connectivity index (χ3n) is 13.3. The summed E-state index contributed by atoms with van der Waals surface area (Å²) < 4.78 is 70.6. The Morgan fingerprint density at radius 1 is 0.512 bits per heavy atom. The van der Waals surface area contributed by atoms with E-state index in [-0.39, 0.29) is 75.8 Å². The van der Waals surface area contributed by atoms with E-state index in [0.717, 1.165) is 24.3 Å². The number of aliphatic hydroxyl groups is 9. The zero-order valence-electron chi connectivity index (χ0n) is 43.0. The summed E-state index contributed by atoms with van der Waals surface area (Å²) in [5.74, 6) is -2.39. The maximum Gasteiger partial charge on any atom is 0.402 e. The third-order valence-corrected chi connectivity index (χ3v) is 13.3. The standard InChI is InChI=1S/C54H62O26/c1-69-34-14-24(8-10-30(34)59)6-4-12-72-23-40-44(64)47(67)51(80-53-50(46(66)43(63)39(22-56)78-53)73-13-5-7-25-15-35(70-2)41(61)36(16-25)71-3)54(79-40)76-37-20-28-32(74-49(37)26-9-11-29(58)31(60)17-26)18-27(57)19-33(28)75-52-48(68)45(65)42(62)38(21-55)77-52/h4-11,14-20,38-40,42-48,50-56,62-68H,12-13,21-23H2,1-3H3,(H4-,57,58,59,60,61)/p+1/b6-4+,7-5+/t38-,39-,40-,42-,43-,44-,45+,46+,47+,48-,50-,51-,52-,53+,54-/m1/s1. The van der Waals surface area contributed by atoms with Crippen LogP contribution in [0.2, 0.25) is 0 Å². The molecule has 1 aromatic heterocycles. The number of aliphatic hydroxyl groups excluding tert-OH is 9. The number of fused-ring (bicyclic) bond motifs is 1. The average molecular weight is 1130 g/mol. The lowest BCUT2D eigenvalue weighted by Gasteiger charge is -2.46. The van der Waals surface area contributed by atoms with Crippen LogP contribution in [-0.2, 0) is 28.4 Å². The molecule has 4 heterocycles. The minimum Gasteiger partial charge on any atom is -0.507 e. The number of phenolic OH excluding ortho intramolecular Hbond substituents is 5. The molecule has 80 heavy (non-hydrogen) atoms. The molecule has 0 radical (unpaired) electrons. The van der Waals surface area contributed by atoms with Crippen LogP contribution >= 0.6 is 0 Å². The van der Waals surface area contributed by atoms with Crippen LogP contribution in [0.3, 0.4) is 0 Å². The van der Waals surface area contributed by atoms with E-state index < -0.39 is 129 Å². The molecule has 434 valence electrons. The first-order valence-electron chi connectivity index (χ1n) is 24.8. The van der Waals surface area contributed by atoms with Gasteiger partial charge in [-0.25, -0.2) is 4.42 Å². The summed E-state index contributed by atoms with van der Waals surface area (Å²) >= 11 is 0. The Bertz CT molecular complexity index is 2930. The number of hydrogen-bond acceptors (Lipinski definition) is 25. The Labute approximate surface area is 455 Å². The third kappa shape index (κ3) is 13.0. The largest absolute Gasteiger partial charge is 0.507 e. The van der Waals surface area contributed by atoms with E-state index in [4.69, 9.17) is 56.5 Å². The maximum atomic E-state index is 12.1. The van der Waals surface area contributed by atoms with Crippen LogP contribution in [0, 0.1) is 0 Å². The van der Waals surface area contributed by atoms with Gasteiger partial charge in [0.2, 0.25) is 24.1 Å². The fraction of sp³-hybridized carbons (Fsp3) is 0.426. The van der Waals surface area contributed by atoms with Gasteiger partial charge in [0.1, 0.15) is 84.0 Å². The van der Waals surface area contributed by atoms with E-state index in [9.17, 15) is 71.5 Å². The lowest BCUT2D eigenvalue weighted by atomic mass is 9.97. The van der Waals surface area contributed by atoms with E-state index in [1.165, 1.54) is 57.7 Å². The van der Waals surface area contributed by atoms with Crippen LogP contribution in [0.5, 0.6) is 57.5 Å². The van der Waals surface area contributed by atoms with Crippen molar-refractivity contribution >= 4 is 23.1 Å². The van der Waals surface area contributed by atoms with E-state index in [2.05, 4.69) is 0 Å². The number of ether oxygens (including phenoxy) is 11. The second-order valence-corrected chi connectivity index (χ2v) is 18.6. The van der Waals surface area contributed by atoms with Crippen molar-refractivity contribution in [1.29, 1.82) is 0 Å². The van der Waals surface area contributed by atoms with Crippen LogP contribution in [-0.4, -0.2) is 218 Å². The molecular weight excluding hydrogens is 1060 g/mol. The normalized spacial score (nSPS) is 29.0. The van der Waals surface area contributed by atoms with Crippen molar-refractivity contribution in [1.82, 2.24) is 0 Å². The lowest BCUT2D eigenvalue weighted by Crippen LogP contribution is -2.65. The molecule has 3 fully saturated rings. The molecule has 26 nitrogen and oxygen atoms in total. The van der Waals surface area contributed by atoms with Gasteiger partial charge in [-0.05, 0) is 47.5 Å². The molecule has 8 rings (SSSR count). The molecule has 4 aromatic carbocycles. The average Bonchev–Trinajstić information content (AvgIpc) is 3.48. The first-order chi connectivity index (χ1) is 38.4. The molecule has 0 saturated carbocycles. The number of rotatable bonds is 21. The van der Waals surface area contributed by atoms with Crippen molar-refractivity contribution in [3.8, 4) is 68.8 Å². The summed E-state index contributed by atoms with van der Waals surface area (Å²) in [5, 5.41) is 151. The highest BCUT2D eigenvalue weighted by Gasteiger charge is 2.53. The molecule has 0 unspecified atom stereocenters. The van der Waals surface area contributed by atoms with E-state index in [1.54, 1.807) is 30.4 Å². The topological polar surface area (TPSA) is 396 Å². The second kappa shape index (κ2) is 26.2. The number of phenols is 5. The molecule has 0 amide bonds. The first kappa shape index (κ1) is 59.3. The van der Waals surface area contributed by atoms with Crippen LogP contribution in [0.25, 0.3) is 34.4 Å². The van der Waals surface area contributed by atoms with Crippen molar-refractivity contribution in [2.24, 2.45) is 0 Å². The van der Waals surface area contributed by atoms with Crippen LogP contribution in [0.4, 0.5) is 0 Å².